The first-order valence-electron chi connectivity index (χ1n) is 11.6. The first-order chi connectivity index (χ1) is 17.4. The van der Waals surface area contributed by atoms with E-state index < -0.39 is 0 Å². The largest absolute Gasteiger partial charge is 0.322 e. The molecule has 7 nitrogen and oxygen atoms in total. The fraction of sp³-hybridized carbons (Fsp3) is 0.143. The van der Waals surface area contributed by atoms with Gasteiger partial charge in [0.2, 0.25) is 0 Å². The highest BCUT2D eigenvalue weighted by Crippen LogP contribution is 2.30. The third kappa shape index (κ3) is 4.50. The van der Waals surface area contributed by atoms with Gasteiger partial charge in [0.25, 0.3) is 11.8 Å². The van der Waals surface area contributed by atoms with Crippen LogP contribution in [-0.2, 0) is 0 Å². The Labute approximate surface area is 212 Å². The molecule has 2 N–H and O–H groups in total. The number of nitrogens with zero attached hydrogens (tertiary/aromatic N) is 3. The van der Waals surface area contributed by atoms with Gasteiger partial charge in [0.15, 0.2) is 5.65 Å². The fourth-order valence-electron chi connectivity index (χ4n) is 4.01. The summed E-state index contributed by atoms with van der Waals surface area (Å²) in [6, 6.07) is 20.3. The third-order valence-corrected chi connectivity index (χ3v) is 6.83. The number of anilines is 2. The molecule has 0 aliphatic carbocycles. The van der Waals surface area contributed by atoms with E-state index in [0.717, 1.165) is 16.1 Å². The number of fused-ring (bicyclic) bond motifs is 1. The van der Waals surface area contributed by atoms with E-state index in [0.29, 0.717) is 33.5 Å². The minimum Gasteiger partial charge on any atom is -0.322 e. The van der Waals surface area contributed by atoms with E-state index in [-0.39, 0.29) is 17.9 Å². The van der Waals surface area contributed by atoms with Crippen molar-refractivity contribution in [3.63, 3.8) is 0 Å². The highest BCUT2D eigenvalue weighted by Gasteiger charge is 2.20. The van der Waals surface area contributed by atoms with Crippen molar-refractivity contribution < 1.29 is 9.59 Å². The Balaban J connectivity index is 1.49. The molecule has 0 bridgehead atoms. The minimum atomic E-state index is -0.266. The van der Waals surface area contributed by atoms with E-state index >= 15 is 0 Å². The average molecular weight is 496 g/mol. The van der Waals surface area contributed by atoms with Crippen LogP contribution in [0.3, 0.4) is 0 Å². The normalized spacial score (nSPS) is 11.1. The Kier molecular flexibility index (Phi) is 6.35. The maximum atomic E-state index is 13.6. The van der Waals surface area contributed by atoms with Crippen LogP contribution in [0.15, 0.2) is 78.3 Å². The quantitative estimate of drug-likeness (QED) is 0.279. The Morgan fingerprint density at radius 1 is 0.917 bits per heavy atom. The number of aromatic nitrogens is 3. The second-order valence-corrected chi connectivity index (χ2v) is 9.65. The number of thiophene rings is 1. The predicted molar refractivity (Wildman–Crippen MR) is 145 cm³/mol. The van der Waals surface area contributed by atoms with Crippen LogP contribution >= 0.6 is 11.3 Å². The van der Waals surface area contributed by atoms with Gasteiger partial charge in [0, 0.05) is 23.0 Å². The molecule has 2 aromatic carbocycles. The van der Waals surface area contributed by atoms with Gasteiger partial charge in [-0.2, -0.15) is 5.10 Å². The molecule has 2 amide bonds. The van der Waals surface area contributed by atoms with Crippen molar-refractivity contribution in [3.05, 3.63) is 95.0 Å². The van der Waals surface area contributed by atoms with Crippen LogP contribution in [0.1, 0.15) is 46.2 Å². The maximum absolute atomic E-state index is 13.6. The van der Waals surface area contributed by atoms with E-state index in [4.69, 9.17) is 4.98 Å². The molecule has 0 radical (unpaired) electrons. The second kappa shape index (κ2) is 9.75. The maximum Gasteiger partial charge on any atom is 0.256 e. The van der Waals surface area contributed by atoms with Crippen molar-refractivity contribution in [1.29, 1.82) is 0 Å². The summed E-state index contributed by atoms with van der Waals surface area (Å²) in [6.45, 7) is 5.93. The Morgan fingerprint density at radius 3 is 2.31 bits per heavy atom. The van der Waals surface area contributed by atoms with Crippen LogP contribution in [0.25, 0.3) is 21.6 Å². The van der Waals surface area contributed by atoms with Crippen LogP contribution in [-0.4, -0.2) is 26.6 Å². The van der Waals surface area contributed by atoms with Crippen molar-refractivity contribution in [3.8, 4) is 10.6 Å². The number of hydrogen-bond donors (Lipinski definition) is 2. The molecule has 5 rings (SSSR count). The molecular weight excluding hydrogens is 470 g/mol. The zero-order valence-corrected chi connectivity index (χ0v) is 21.0. The fourth-order valence-corrected chi connectivity index (χ4v) is 4.70. The van der Waals surface area contributed by atoms with E-state index in [1.165, 1.54) is 0 Å². The van der Waals surface area contributed by atoms with Gasteiger partial charge in [-0.05, 0) is 68.1 Å². The second-order valence-electron chi connectivity index (χ2n) is 8.70. The molecule has 3 heterocycles. The van der Waals surface area contributed by atoms with Crippen LogP contribution in [0.4, 0.5) is 11.4 Å². The zero-order valence-electron chi connectivity index (χ0n) is 20.1. The number of rotatable bonds is 6. The molecular formula is C28H25N5O2S. The standard InChI is InChI=1S/C28H25N5O2S/c1-17(2)33-26-21(16-29-33)20(15-24(30-26)25-13-8-14-36-25)28(35)32-23-12-7-11-22(18(23)3)31-27(34)19-9-5-4-6-10-19/h4-17H,1-3H3,(H,31,34)(H,32,35). The molecule has 0 aliphatic rings. The molecule has 0 unspecified atom stereocenters. The molecule has 8 heteroatoms. The molecule has 3 aromatic heterocycles. The number of hydrogen-bond acceptors (Lipinski definition) is 5. The van der Waals surface area contributed by atoms with E-state index in [1.54, 1.807) is 35.7 Å². The molecule has 0 saturated heterocycles. The zero-order chi connectivity index (χ0) is 25.2. The van der Waals surface area contributed by atoms with Crippen LogP contribution in [0.2, 0.25) is 0 Å². The number of pyridine rings is 1. The van der Waals surface area contributed by atoms with Gasteiger partial charge >= 0.3 is 0 Å². The lowest BCUT2D eigenvalue weighted by atomic mass is 10.1. The third-order valence-electron chi connectivity index (χ3n) is 5.94. The molecule has 0 atom stereocenters. The number of amides is 2. The summed E-state index contributed by atoms with van der Waals surface area (Å²) in [5, 5.41) is 13.1. The Morgan fingerprint density at radius 2 is 1.64 bits per heavy atom. The summed E-state index contributed by atoms with van der Waals surface area (Å²) >= 11 is 1.57. The topological polar surface area (TPSA) is 88.9 Å². The molecule has 0 saturated carbocycles. The molecule has 0 fully saturated rings. The SMILES string of the molecule is Cc1c(NC(=O)c2ccccc2)cccc1NC(=O)c1cc(-c2cccs2)nc2c1cnn2C(C)C. The minimum absolute atomic E-state index is 0.0941. The van der Waals surface area contributed by atoms with Gasteiger partial charge < -0.3 is 10.6 Å². The van der Waals surface area contributed by atoms with Gasteiger partial charge in [-0.3, -0.25) is 9.59 Å². The van der Waals surface area contributed by atoms with E-state index in [1.807, 2.05) is 79.4 Å². The summed E-state index contributed by atoms with van der Waals surface area (Å²) < 4.78 is 1.83. The summed E-state index contributed by atoms with van der Waals surface area (Å²) in [4.78, 5) is 32.0. The summed E-state index contributed by atoms with van der Waals surface area (Å²) in [7, 11) is 0. The number of carbonyl (C=O) groups is 2. The lowest BCUT2D eigenvalue weighted by molar-refractivity contribution is 0.102. The Hall–Kier alpha value is -4.30. The van der Waals surface area contributed by atoms with E-state index in [2.05, 4.69) is 15.7 Å². The average Bonchev–Trinajstić information content (AvgIpc) is 3.56. The first kappa shape index (κ1) is 23.4. The lowest BCUT2D eigenvalue weighted by Crippen LogP contribution is -2.16. The lowest BCUT2D eigenvalue weighted by Gasteiger charge is -2.14. The van der Waals surface area contributed by atoms with Crippen molar-refractivity contribution >= 4 is 45.6 Å². The summed E-state index contributed by atoms with van der Waals surface area (Å²) in [5.41, 5.74) is 4.46. The van der Waals surface area contributed by atoms with Crippen LogP contribution in [0.5, 0.6) is 0 Å². The van der Waals surface area contributed by atoms with Gasteiger partial charge in [-0.15, -0.1) is 11.3 Å². The number of carbonyl (C=O) groups excluding carboxylic acids is 2. The molecule has 36 heavy (non-hydrogen) atoms. The highest BCUT2D eigenvalue weighted by molar-refractivity contribution is 7.13. The van der Waals surface area contributed by atoms with E-state index in [9.17, 15) is 9.59 Å². The first-order valence-corrected chi connectivity index (χ1v) is 12.5. The monoisotopic (exact) mass is 495 g/mol. The van der Waals surface area contributed by atoms with Gasteiger partial charge in [0.05, 0.1) is 27.7 Å². The van der Waals surface area contributed by atoms with Crippen LogP contribution in [0, 0.1) is 6.92 Å². The van der Waals surface area contributed by atoms with Crippen LogP contribution < -0.4 is 10.6 Å². The molecule has 180 valence electrons. The molecule has 5 aromatic rings. The van der Waals surface area contributed by atoms with Gasteiger partial charge in [0.1, 0.15) is 0 Å². The van der Waals surface area contributed by atoms with Crippen molar-refractivity contribution in [1.82, 2.24) is 14.8 Å². The van der Waals surface area contributed by atoms with Gasteiger partial charge in [-0.1, -0.05) is 30.3 Å². The number of nitrogens with one attached hydrogen (secondary N) is 2. The van der Waals surface area contributed by atoms with Gasteiger partial charge in [-0.25, -0.2) is 9.67 Å². The Bertz CT molecular complexity index is 1560. The number of benzene rings is 2. The predicted octanol–water partition coefficient (Wildman–Crippen LogP) is 6.55. The highest BCUT2D eigenvalue weighted by atomic mass is 32.1. The molecule has 0 spiro atoms. The summed E-state index contributed by atoms with van der Waals surface area (Å²) in [6.07, 6.45) is 1.69. The summed E-state index contributed by atoms with van der Waals surface area (Å²) in [5.74, 6) is -0.474. The van der Waals surface area contributed by atoms with Crippen molar-refractivity contribution in [2.24, 2.45) is 0 Å². The molecule has 0 aliphatic heterocycles. The van der Waals surface area contributed by atoms with Crippen molar-refractivity contribution in [2.75, 3.05) is 10.6 Å². The van der Waals surface area contributed by atoms with Crippen molar-refractivity contribution in [2.45, 2.75) is 26.8 Å². The smallest absolute Gasteiger partial charge is 0.256 e.